The van der Waals surface area contributed by atoms with E-state index >= 15 is 0 Å². The number of nitrogens with one attached hydrogen (secondary N) is 1. The Kier molecular flexibility index (Phi) is 5.86. The first-order valence-corrected chi connectivity index (χ1v) is 9.79. The molecule has 3 rings (SSSR count). The van der Waals surface area contributed by atoms with Crippen LogP contribution in [0.25, 0.3) is 0 Å². The predicted octanol–water partition coefficient (Wildman–Crippen LogP) is 4.45. The average Bonchev–Trinajstić information content (AvgIpc) is 3.11. The Hall–Kier alpha value is -2.58. The molecule has 0 aromatic carbocycles. The van der Waals surface area contributed by atoms with Crippen molar-refractivity contribution in [2.45, 2.75) is 72.3 Å². The van der Waals surface area contributed by atoms with E-state index in [-0.39, 0.29) is 16.6 Å². The third-order valence-corrected chi connectivity index (χ3v) is 5.39. The van der Waals surface area contributed by atoms with Crippen LogP contribution in [-0.2, 0) is 24.1 Å². The number of aryl methyl sites for hydroxylation is 1. The molecule has 0 spiro atoms. The van der Waals surface area contributed by atoms with Crippen molar-refractivity contribution >= 4 is 17.4 Å². The van der Waals surface area contributed by atoms with Gasteiger partial charge in [0.25, 0.3) is 0 Å². The lowest BCUT2D eigenvalue weighted by Crippen LogP contribution is -2.38. The van der Waals surface area contributed by atoms with Gasteiger partial charge in [-0.1, -0.05) is 6.92 Å². The van der Waals surface area contributed by atoms with Gasteiger partial charge < -0.3 is 10.2 Å². The van der Waals surface area contributed by atoms with Gasteiger partial charge in [0.2, 0.25) is 5.91 Å². The van der Waals surface area contributed by atoms with Crippen LogP contribution in [0, 0.1) is 13.8 Å². The van der Waals surface area contributed by atoms with Gasteiger partial charge in [0.15, 0.2) is 0 Å². The molecule has 1 unspecified atom stereocenters. The van der Waals surface area contributed by atoms with Crippen LogP contribution >= 0.6 is 0 Å². The van der Waals surface area contributed by atoms with Crippen LogP contribution in [0.2, 0.25) is 0 Å². The fourth-order valence-electron chi connectivity index (χ4n) is 3.68. The first kappa shape index (κ1) is 21.1. The first-order chi connectivity index (χ1) is 13.6. The van der Waals surface area contributed by atoms with E-state index < -0.39 is 6.30 Å². The van der Waals surface area contributed by atoms with E-state index in [1.54, 1.807) is 0 Å². The second-order valence-electron chi connectivity index (χ2n) is 7.58. The van der Waals surface area contributed by atoms with Crippen molar-refractivity contribution in [1.82, 2.24) is 14.8 Å². The Morgan fingerprint density at radius 2 is 2.03 bits per heavy atom. The first-order valence-electron chi connectivity index (χ1n) is 9.79. The summed E-state index contributed by atoms with van der Waals surface area (Å²) < 4.78 is 38.6. The van der Waals surface area contributed by atoms with Crippen LogP contribution in [0.15, 0.2) is 12.4 Å². The van der Waals surface area contributed by atoms with Gasteiger partial charge in [-0.15, -0.1) is 13.2 Å². The lowest BCUT2D eigenvalue weighted by atomic mass is 9.95. The molecule has 9 heteroatoms. The van der Waals surface area contributed by atoms with Crippen LogP contribution in [0.4, 0.5) is 24.7 Å². The highest BCUT2D eigenvalue weighted by Crippen LogP contribution is 2.37. The van der Waals surface area contributed by atoms with Gasteiger partial charge in [-0.2, -0.15) is 9.78 Å². The number of halogens is 3. The summed E-state index contributed by atoms with van der Waals surface area (Å²) in [6.45, 7) is 8.19. The van der Waals surface area contributed by atoms with Crippen molar-refractivity contribution in [2.24, 2.45) is 0 Å². The summed E-state index contributed by atoms with van der Waals surface area (Å²) in [6, 6.07) is 0.150. The average molecular weight is 409 g/mol. The number of carbonyl (C=O) groups is 1. The number of fused-ring (bicyclic) bond motifs is 1. The molecule has 3 heterocycles. The van der Waals surface area contributed by atoms with E-state index in [2.05, 4.69) is 22.2 Å². The molecule has 0 fully saturated rings. The molecule has 0 saturated heterocycles. The molecular formula is C20H26F3N5O. The zero-order valence-corrected chi connectivity index (χ0v) is 17.1. The number of anilines is 2. The number of carbonyl (C=O) groups excluding carboxylic acids is 1. The Morgan fingerprint density at radius 1 is 1.31 bits per heavy atom. The minimum Gasteiger partial charge on any atom is -0.363 e. The molecule has 0 bridgehead atoms. The Bertz CT molecular complexity index is 906. The minimum atomic E-state index is -4.52. The summed E-state index contributed by atoms with van der Waals surface area (Å²) in [5.41, 5.74) is 4.14. The molecule has 29 heavy (non-hydrogen) atoms. The van der Waals surface area contributed by atoms with Crippen molar-refractivity contribution in [3.05, 3.63) is 34.8 Å². The number of aromatic nitrogens is 3. The number of hydrogen-bond donors (Lipinski definition) is 1. The summed E-state index contributed by atoms with van der Waals surface area (Å²) in [5, 5.41) is 6.33. The van der Waals surface area contributed by atoms with E-state index in [0.717, 1.165) is 48.0 Å². The third kappa shape index (κ3) is 4.38. The Morgan fingerprint density at radius 3 is 2.66 bits per heavy atom. The highest BCUT2D eigenvalue weighted by atomic mass is 19.4. The molecule has 158 valence electrons. The maximum Gasteiger partial charge on any atom is 0.504 e. The molecule has 1 amide bonds. The Labute approximate surface area is 168 Å². The van der Waals surface area contributed by atoms with Crippen molar-refractivity contribution in [3.8, 4) is 0 Å². The SMILES string of the molecule is CCCC(=O)Nc1nc2c(c(C)c1C)N(Cc1cnn(C(F)(F)F)c1)C(C)CC2. The van der Waals surface area contributed by atoms with Crippen molar-refractivity contribution in [1.29, 1.82) is 0 Å². The second kappa shape index (κ2) is 8.04. The Balaban J connectivity index is 1.93. The van der Waals surface area contributed by atoms with Crippen molar-refractivity contribution < 1.29 is 18.0 Å². The normalized spacial score (nSPS) is 16.7. The summed E-state index contributed by atoms with van der Waals surface area (Å²) in [6.07, 6.45) is 0.531. The summed E-state index contributed by atoms with van der Waals surface area (Å²) in [7, 11) is 0. The molecule has 6 nitrogen and oxygen atoms in total. The molecule has 1 atom stereocenters. The van der Waals surface area contributed by atoms with Crippen LogP contribution < -0.4 is 10.2 Å². The van der Waals surface area contributed by atoms with E-state index in [1.807, 2.05) is 20.8 Å². The minimum absolute atomic E-state index is 0.0283. The van der Waals surface area contributed by atoms with E-state index in [9.17, 15) is 18.0 Å². The zero-order chi connectivity index (χ0) is 21.3. The van der Waals surface area contributed by atoms with Crippen LogP contribution in [0.5, 0.6) is 0 Å². The number of pyridine rings is 1. The maximum absolute atomic E-state index is 12.9. The van der Waals surface area contributed by atoms with Gasteiger partial charge in [-0.05, 0) is 51.2 Å². The van der Waals surface area contributed by atoms with Gasteiger partial charge in [0.05, 0.1) is 17.6 Å². The van der Waals surface area contributed by atoms with Gasteiger partial charge in [-0.25, -0.2) is 4.98 Å². The molecule has 0 radical (unpaired) electrons. The topological polar surface area (TPSA) is 63.1 Å². The second-order valence-corrected chi connectivity index (χ2v) is 7.58. The predicted molar refractivity (Wildman–Crippen MR) is 105 cm³/mol. The summed E-state index contributed by atoms with van der Waals surface area (Å²) in [4.78, 5) is 18.8. The quantitative estimate of drug-likeness (QED) is 0.793. The molecule has 1 aliphatic rings. The van der Waals surface area contributed by atoms with E-state index in [0.29, 0.717) is 24.3 Å². The summed E-state index contributed by atoms with van der Waals surface area (Å²) >= 11 is 0. The highest BCUT2D eigenvalue weighted by molar-refractivity contribution is 5.91. The number of amides is 1. The van der Waals surface area contributed by atoms with Gasteiger partial charge in [-0.3, -0.25) is 4.79 Å². The monoisotopic (exact) mass is 409 g/mol. The molecule has 0 aliphatic carbocycles. The molecule has 1 aliphatic heterocycles. The van der Waals surface area contributed by atoms with Crippen LogP contribution in [0.1, 0.15) is 55.5 Å². The number of nitrogens with zero attached hydrogens (tertiary/aromatic N) is 4. The maximum atomic E-state index is 12.9. The smallest absolute Gasteiger partial charge is 0.363 e. The number of hydrogen-bond acceptors (Lipinski definition) is 4. The third-order valence-electron chi connectivity index (χ3n) is 5.39. The number of alkyl halides is 3. The van der Waals surface area contributed by atoms with Crippen LogP contribution in [0.3, 0.4) is 0 Å². The molecule has 0 saturated carbocycles. The van der Waals surface area contributed by atoms with Gasteiger partial charge in [0, 0.05) is 30.8 Å². The van der Waals surface area contributed by atoms with Crippen LogP contribution in [-0.4, -0.2) is 26.7 Å². The molecule has 2 aromatic heterocycles. The van der Waals surface area contributed by atoms with Crippen molar-refractivity contribution in [2.75, 3.05) is 10.2 Å². The number of rotatable bonds is 5. The fourth-order valence-corrected chi connectivity index (χ4v) is 3.68. The van der Waals surface area contributed by atoms with E-state index in [4.69, 9.17) is 4.98 Å². The van der Waals surface area contributed by atoms with Gasteiger partial charge >= 0.3 is 6.30 Å². The van der Waals surface area contributed by atoms with E-state index in [1.165, 1.54) is 6.20 Å². The summed E-state index contributed by atoms with van der Waals surface area (Å²) in [5.74, 6) is 0.502. The standard InChI is InChI=1S/C20H26F3N5O/c1-5-6-17(29)26-19-14(4)13(3)18-16(25-19)8-7-12(2)27(18)10-15-9-24-28(11-15)20(21,22)23/h9,11-12H,5-8,10H2,1-4H3,(H,25,26,29). The molecule has 2 aromatic rings. The highest BCUT2D eigenvalue weighted by Gasteiger charge is 2.33. The fraction of sp³-hybridized carbons (Fsp3) is 0.550. The lowest BCUT2D eigenvalue weighted by molar-refractivity contribution is -0.212. The van der Waals surface area contributed by atoms with Crippen molar-refractivity contribution in [3.63, 3.8) is 0 Å². The molecule has 1 N–H and O–H groups in total. The lowest BCUT2D eigenvalue weighted by Gasteiger charge is -2.38. The molecular weight excluding hydrogens is 383 g/mol. The van der Waals surface area contributed by atoms with Gasteiger partial charge in [0.1, 0.15) is 5.82 Å². The zero-order valence-electron chi connectivity index (χ0n) is 17.1. The largest absolute Gasteiger partial charge is 0.504 e.